The maximum Gasteiger partial charge on any atom is 0.270 e. The zero-order valence-electron chi connectivity index (χ0n) is 15.6. The van der Waals surface area contributed by atoms with E-state index in [9.17, 15) is 4.79 Å². The smallest absolute Gasteiger partial charge is 0.270 e. The van der Waals surface area contributed by atoms with Gasteiger partial charge in [-0.15, -0.1) is 0 Å². The first kappa shape index (κ1) is 18.9. The third-order valence-electron chi connectivity index (χ3n) is 3.89. The van der Waals surface area contributed by atoms with Crippen LogP contribution in [-0.4, -0.2) is 36.0 Å². The zero-order chi connectivity index (χ0) is 18.2. The molecule has 25 heavy (non-hydrogen) atoms. The Labute approximate surface area is 150 Å². The molecule has 0 radical (unpaired) electrons. The lowest BCUT2D eigenvalue weighted by molar-refractivity contribution is 0.0944. The molecule has 0 saturated heterocycles. The Hall–Kier alpha value is -2.43. The van der Waals surface area contributed by atoms with Crippen molar-refractivity contribution in [2.24, 2.45) is 5.92 Å². The lowest BCUT2D eigenvalue weighted by Gasteiger charge is -2.19. The van der Waals surface area contributed by atoms with E-state index in [1.165, 1.54) is 0 Å². The van der Waals surface area contributed by atoms with Crippen molar-refractivity contribution < 1.29 is 4.79 Å². The molecule has 1 amide bonds. The van der Waals surface area contributed by atoms with Crippen LogP contribution in [0.2, 0.25) is 0 Å². The summed E-state index contributed by atoms with van der Waals surface area (Å²) in [6.07, 6.45) is 2.19. The number of benzene rings is 1. The maximum absolute atomic E-state index is 12.5. The predicted octanol–water partition coefficient (Wildman–Crippen LogP) is 3.77. The van der Waals surface area contributed by atoms with Gasteiger partial charge in [-0.3, -0.25) is 4.79 Å². The first-order valence-electron chi connectivity index (χ1n) is 8.95. The molecule has 2 aromatic rings. The molecule has 1 N–H and O–H groups in total. The van der Waals surface area contributed by atoms with Crippen LogP contribution in [0.1, 0.15) is 44.1 Å². The Kier molecular flexibility index (Phi) is 6.92. The summed E-state index contributed by atoms with van der Waals surface area (Å²) in [5.41, 5.74) is 1.32. The van der Waals surface area contributed by atoms with Gasteiger partial charge < -0.3 is 10.2 Å². The number of nitrogens with zero attached hydrogens (tertiary/aromatic N) is 3. The highest BCUT2D eigenvalue weighted by molar-refractivity contribution is 5.93. The Morgan fingerprint density at radius 3 is 2.56 bits per heavy atom. The fraction of sp³-hybridized carbons (Fsp3) is 0.450. The van der Waals surface area contributed by atoms with Crippen molar-refractivity contribution in [3.8, 4) is 11.4 Å². The van der Waals surface area contributed by atoms with Crippen molar-refractivity contribution in [1.82, 2.24) is 15.3 Å². The van der Waals surface area contributed by atoms with Crippen LogP contribution in [0.3, 0.4) is 0 Å². The van der Waals surface area contributed by atoms with Crippen LogP contribution < -0.4 is 10.2 Å². The minimum Gasteiger partial charge on any atom is -0.360 e. The van der Waals surface area contributed by atoms with E-state index in [1.807, 2.05) is 37.4 Å². The van der Waals surface area contributed by atoms with E-state index in [2.05, 4.69) is 41.0 Å². The third-order valence-corrected chi connectivity index (χ3v) is 3.89. The summed E-state index contributed by atoms with van der Waals surface area (Å²) in [5.74, 6) is 1.60. The molecule has 0 aliphatic rings. The lowest BCUT2D eigenvalue weighted by Crippen LogP contribution is -2.29. The second kappa shape index (κ2) is 9.16. The molecule has 0 saturated carbocycles. The van der Waals surface area contributed by atoms with Gasteiger partial charge in [0.05, 0.1) is 0 Å². The second-order valence-electron chi connectivity index (χ2n) is 6.68. The summed E-state index contributed by atoms with van der Waals surface area (Å²) in [4.78, 5) is 23.7. The molecule has 0 bridgehead atoms. The van der Waals surface area contributed by atoms with Crippen LogP contribution >= 0.6 is 0 Å². The predicted molar refractivity (Wildman–Crippen MR) is 103 cm³/mol. The van der Waals surface area contributed by atoms with Crippen molar-refractivity contribution in [3.63, 3.8) is 0 Å². The van der Waals surface area contributed by atoms with Gasteiger partial charge in [-0.05, 0) is 12.3 Å². The second-order valence-corrected chi connectivity index (χ2v) is 6.68. The van der Waals surface area contributed by atoms with Gasteiger partial charge >= 0.3 is 0 Å². The molecule has 2 rings (SSSR count). The molecule has 0 atom stereocenters. The molecule has 1 heterocycles. The SMILES string of the molecule is CCCCN(C)c1cc(C(=O)NCC(C)C)nc(-c2ccccc2)n1. The zero-order valence-corrected chi connectivity index (χ0v) is 15.6. The monoisotopic (exact) mass is 340 g/mol. The number of rotatable bonds is 8. The summed E-state index contributed by atoms with van der Waals surface area (Å²) >= 11 is 0. The minimum atomic E-state index is -0.154. The highest BCUT2D eigenvalue weighted by atomic mass is 16.1. The first-order chi connectivity index (χ1) is 12.0. The van der Waals surface area contributed by atoms with Gasteiger partial charge in [0.1, 0.15) is 11.5 Å². The van der Waals surface area contributed by atoms with E-state index in [0.29, 0.717) is 24.0 Å². The molecule has 5 heteroatoms. The molecule has 134 valence electrons. The van der Waals surface area contributed by atoms with E-state index < -0.39 is 0 Å². The standard InChI is InChI=1S/C20H28N4O/c1-5-6-12-24(4)18-13-17(20(25)21-14-15(2)3)22-19(23-18)16-10-8-7-9-11-16/h7-11,13,15H,5-6,12,14H2,1-4H3,(H,21,25). The van der Waals surface area contributed by atoms with Crippen molar-refractivity contribution in [3.05, 3.63) is 42.1 Å². The molecule has 1 aromatic heterocycles. The fourth-order valence-electron chi connectivity index (χ4n) is 2.36. The van der Waals surface area contributed by atoms with Gasteiger partial charge in [0, 0.05) is 31.8 Å². The molecule has 1 aromatic carbocycles. The van der Waals surface area contributed by atoms with Crippen LogP contribution in [-0.2, 0) is 0 Å². The number of hydrogen-bond donors (Lipinski definition) is 1. The molecule has 0 aliphatic heterocycles. The van der Waals surface area contributed by atoms with Gasteiger partial charge in [0.25, 0.3) is 5.91 Å². The number of unbranched alkanes of at least 4 members (excludes halogenated alkanes) is 1. The molecule has 0 unspecified atom stereocenters. The average molecular weight is 340 g/mol. The van der Waals surface area contributed by atoms with E-state index >= 15 is 0 Å². The van der Waals surface area contributed by atoms with Crippen LogP contribution in [0.5, 0.6) is 0 Å². The molecular formula is C20H28N4O. The number of aromatic nitrogens is 2. The van der Waals surface area contributed by atoms with E-state index in [4.69, 9.17) is 0 Å². The number of hydrogen-bond acceptors (Lipinski definition) is 4. The summed E-state index contributed by atoms with van der Waals surface area (Å²) in [6.45, 7) is 7.83. The number of anilines is 1. The Morgan fingerprint density at radius 1 is 1.20 bits per heavy atom. The fourth-order valence-corrected chi connectivity index (χ4v) is 2.36. The lowest BCUT2D eigenvalue weighted by atomic mass is 10.2. The molecule has 0 fully saturated rings. The van der Waals surface area contributed by atoms with Crippen LogP contribution in [0, 0.1) is 5.92 Å². The summed E-state index contributed by atoms with van der Waals surface area (Å²) < 4.78 is 0. The van der Waals surface area contributed by atoms with E-state index in [-0.39, 0.29) is 5.91 Å². The quantitative estimate of drug-likeness (QED) is 0.795. The highest BCUT2D eigenvalue weighted by Crippen LogP contribution is 2.20. The minimum absolute atomic E-state index is 0.154. The first-order valence-corrected chi connectivity index (χ1v) is 8.95. The van der Waals surface area contributed by atoms with Crippen LogP contribution in [0.4, 0.5) is 5.82 Å². The topological polar surface area (TPSA) is 58.1 Å². The third kappa shape index (κ3) is 5.55. The number of carbonyl (C=O) groups excluding carboxylic acids is 1. The Balaban J connectivity index is 2.35. The molecule has 5 nitrogen and oxygen atoms in total. The van der Waals surface area contributed by atoms with Crippen molar-refractivity contribution in [2.45, 2.75) is 33.6 Å². The van der Waals surface area contributed by atoms with Gasteiger partial charge in [-0.2, -0.15) is 0 Å². The Bertz CT molecular complexity index is 685. The van der Waals surface area contributed by atoms with Gasteiger partial charge in [-0.25, -0.2) is 9.97 Å². The van der Waals surface area contributed by atoms with Gasteiger partial charge in [0.15, 0.2) is 5.82 Å². The number of nitrogens with one attached hydrogen (secondary N) is 1. The van der Waals surface area contributed by atoms with Gasteiger partial charge in [0.2, 0.25) is 0 Å². The molecular weight excluding hydrogens is 312 g/mol. The summed E-state index contributed by atoms with van der Waals surface area (Å²) in [6, 6.07) is 11.5. The van der Waals surface area contributed by atoms with Gasteiger partial charge in [-0.1, -0.05) is 57.5 Å². The summed E-state index contributed by atoms with van der Waals surface area (Å²) in [7, 11) is 2.00. The molecule has 0 aliphatic carbocycles. The largest absolute Gasteiger partial charge is 0.360 e. The highest BCUT2D eigenvalue weighted by Gasteiger charge is 2.15. The van der Waals surface area contributed by atoms with Crippen LogP contribution in [0.25, 0.3) is 11.4 Å². The van der Waals surface area contributed by atoms with Crippen molar-refractivity contribution in [2.75, 3.05) is 25.0 Å². The number of amides is 1. The van der Waals surface area contributed by atoms with Crippen molar-refractivity contribution in [1.29, 1.82) is 0 Å². The van der Waals surface area contributed by atoms with Crippen LogP contribution in [0.15, 0.2) is 36.4 Å². The average Bonchev–Trinajstić information content (AvgIpc) is 2.64. The van der Waals surface area contributed by atoms with E-state index in [1.54, 1.807) is 6.07 Å². The van der Waals surface area contributed by atoms with E-state index in [0.717, 1.165) is 30.8 Å². The Morgan fingerprint density at radius 2 is 1.92 bits per heavy atom. The molecule has 0 spiro atoms. The van der Waals surface area contributed by atoms with Crippen molar-refractivity contribution >= 4 is 11.7 Å². The maximum atomic E-state index is 12.5. The normalized spacial score (nSPS) is 10.8. The summed E-state index contributed by atoms with van der Waals surface area (Å²) in [5, 5.41) is 2.94. The number of carbonyl (C=O) groups is 1.